The highest BCUT2D eigenvalue weighted by atomic mass is 15.3. The Morgan fingerprint density at radius 3 is 2.38 bits per heavy atom. The Labute approximate surface area is 131 Å². The maximum Gasteiger partial charge on any atom is 0.0641 e. The van der Waals surface area contributed by atoms with E-state index in [2.05, 4.69) is 58.5 Å². The minimum absolute atomic E-state index is 0.147. The summed E-state index contributed by atoms with van der Waals surface area (Å²) in [6.07, 6.45) is 5.18. The van der Waals surface area contributed by atoms with Crippen molar-refractivity contribution in [3.05, 3.63) is 17.0 Å². The van der Waals surface area contributed by atoms with Gasteiger partial charge in [-0.25, -0.2) is 0 Å². The Bertz CT molecular complexity index is 426. The van der Waals surface area contributed by atoms with Crippen molar-refractivity contribution in [2.45, 2.75) is 92.8 Å². The predicted molar refractivity (Wildman–Crippen MR) is 91.6 cm³/mol. The third kappa shape index (κ3) is 5.82. The molecule has 1 unspecified atom stereocenters. The van der Waals surface area contributed by atoms with Crippen molar-refractivity contribution in [3.8, 4) is 0 Å². The Hall–Kier alpha value is -0.830. The van der Waals surface area contributed by atoms with E-state index in [-0.39, 0.29) is 5.54 Å². The van der Waals surface area contributed by atoms with Crippen molar-refractivity contribution in [1.29, 1.82) is 0 Å². The highest BCUT2D eigenvalue weighted by molar-refractivity contribution is 5.24. The van der Waals surface area contributed by atoms with E-state index >= 15 is 0 Å². The fourth-order valence-corrected chi connectivity index (χ4v) is 2.68. The number of unbranched alkanes of at least 4 members (excludes halogenated alkanes) is 1. The summed E-state index contributed by atoms with van der Waals surface area (Å²) < 4.78 is 2.23. The summed E-state index contributed by atoms with van der Waals surface area (Å²) in [6, 6.07) is 0. The summed E-state index contributed by atoms with van der Waals surface area (Å²) in [5.41, 5.74) is 4.03. The van der Waals surface area contributed by atoms with Crippen LogP contribution in [-0.2, 0) is 13.1 Å². The van der Waals surface area contributed by atoms with Crippen LogP contribution in [0.5, 0.6) is 0 Å². The molecule has 0 fully saturated rings. The average molecular weight is 293 g/mol. The minimum atomic E-state index is 0.147. The first-order chi connectivity index (χ1) is 9.78. The van der Waals surface area contributed by atoms with Gasteiger partial charge in [-0.15, -0.1) is 0 Å². The van der Waals surface area contributed by atoms with Crippen LogP contribution in [0.25, 0.3) is 0 Å². The average Bonchev–Trinajstić information content (AvgIpc) is 2.66. The van der Waals surface area contributed by atoms with Crippen LogP contribution < -0.4 is 5.32 Å². The van der Waals surface area contributed by atoms with Gasteiger partial charge in [0.15, 0.2) is 0 Å². The molecule has 0 saturated carbocycles. The molecule has 0 aliphatic rings. The zero-order valence-corrected chi connectivity index (χ0v) is 15.2. The van der Waals surface area contributed by atoms with Crippen LogP contribution in [0.3, 0.4) is 0 Å². The maximum absolute atomic E-state index is 4.78. The fourth-order valence-electron chi connectivity index (χ4n) is 2.68. The smallest absolute Gasteiger partial charge is 0.0641 e. The van der Waals surface area contributed by atoms with E-state index in [0.29, 0.717) is 0 Å². The molecule has 0 aromatic carbocycles. The highest BCUT2D eigenvalue weighted by Gasteiger charge is 2.16. The number of aromatic nitrogens is 2. The molecule has 1 heterocycles. The Morgan fingerprint density at radius 2 is 1.86 bits per heavy atom. The summed E-state index contributed by atoms with van der Waals surface area (Å²) in [5, 5.41) is 8.36. The first-order valence-electron chi connectivity index (χ1n) is 8.56. The molecule has 1 aromatic rings. The first-order valence-corrected chi connectivity index (χ1v) is 8.56. The van der Waals surface area contributed by atoms with Gasteiger partial charge in [-0.1, -0.05) is 33.1 Å². The topological polar surface area (TPSA) is 29.9 Å². The van der Waals surface area contributed by atoms with E-state index in [1.807, 2.05) is 0 Å². The van der Waals surface area contributed by atoms with Gasteiger partial charge in [0, 0.05) is 29.9 Å². The third-order valence-electron chi connectivity index (χ3n) is 4.30. The molecule has 0 saturated heterocycles. The Balaban J connectivity index is 2.76. The third-order valence-corrected chi connectivity index (χ3v) is 4.30. The van der Waals surface area contributed by atoms with E-state index in [9.17, 15) is 0 Å². The van der Waals surface area contributed by atoms with Crippen LogP contribution in [0, 0.1) is 19.8 Å². The van der Waals surface area contributed by atoms with Crippen LogP contribution in [0.1, 0.15) is 77.3 Å². The van der Waals surface area contributed by atoms with Crippen LogP contribution in [0.15, 0.2) is 0 Å². The molecule has 122 valence electrons. The van der Waals surface area contributed by atoms with Crippen molar-refractivity contribution < 1.29 is 0 Å². The van der Waals surface area contributed by atoms with Gasteiger partial charge in [0.05, 0.1) is 5.69 Å². The van der Waals surface area contributed by atoms with Crippen LogP contribution in [0.4, 0.5) is 0 Å². The van der Waals surface area contributed by atoms with Crippen molar-refractivity contribution >= 4 is 0 Å². The van der Waals surface area contributed by atoms with Crippen LogP contribution in [0.2, 0.25) is 0 Å². The minimum Gasteiger partial charge on any atom is -0.308 e. The van der Waals surface area contributed by atoms with Crippen molar-refractivity contribution in [2.24, 2.45) is 5.92 Å². The van der Waals surface area contributed by atoms with Crippen molar-refractivity contribution in [3.63, 3.8) is 0 Å². The van der Waals surface area contributed by atoms with Gasteiger partial charge in [-0.2, -0.15) is 5.10 Å². The summed E-state index contributed by atoms with van der Waals surface area (Å²) in [7, 11) is 0. The largest absolute Gasteiger partial charge is 0.308 e. The molecule has 1 atom stereocenters. The summed E-state index contributed by atoms with van der Waals surface area (Å²) >= 11 is 0. The van der Waals surface area contributed by atoms with Crippen molar-refractivity contribution in [2.75, 3.05) is 0 Å². The van der Waals surface area contributed by atoms with Gasteiger partial charge in [0.2, 0.25) is 0 Å². The molecule has 0 spiro atoms. The lowest BCUT2D eigenvalue weighted by Gasteiger charge is -2.21. The molecule has 21 heavy (non-hydrogen) atoms. The second-order valence-electron chi connectivity index (χ2n) is 7.35. The molecular formula is C18H35N3. The SMILES string of the molecule is CCCCC(CC)Cn1nc(C)c(CNC(C)(C)C)c1C. The molecule has 3 nitrogen and oxygen atoms in total. The predicted octanol–water partition coefficient (Wildman–Crippen LogP) is 4.60. The van der Waals surface area contributed by atoms with Gasteiger partial charge in [0.1, 0.15) is 0 Å². The van der Waals surface area contributed by atoms with E-state index in [1.165, 1.54) is 42.6 Å². The maximum atomic E-state index is 4.78. The Kier molecular flexibility index (Phi) is 6.92. The monoisotopic (exact) mass is 293 g/mol. The zero-order chi connectivity index (χ0) is 16.0. The van der Waals surface area contributed by atoms with Crippen LogP contribution >= 0.6 is 0 Å². The van der Waals surface area contributed by atoms with E-state index in [0.717, 1.165) is 19.0 Å². The lowest BCUT2D eigenvalue weighted by Crippen LogP contribution is -2.35. The number of hydrogen-bond acceptors (Lipinski definition) is 2. The molecule has 0 aliphatic carbocycles. The standard InChI is InChI=1S/C18H35N3/c1-8-10-11-16(9-2)13-21-15(4)17(14(3)20-21)12-19-18(5,6)7/h16,19H,8-13H2,1-7H3. The summed E-state index contributed by atoms with van der Waals surface area (Å²) in [6.45, 7) is 17.5. The fraction of sp³-hybridized carbons (Fsp3) is 0.833. The number of hydrogen-bond donors (Lipinski definition) is 1. The number of nitrogens with one attached hydrogen (secondary N) is 1. The van der Waals surface area contributed by atoms with Crippen LogP contribution in [-0.4, -0.2) is 15.3 Å². The molecule has 0 aliphatic heterocycles. The van der Waals surface area contributed by atoms with Gasteiger partial charge in [0.25, 0.3) is 0 Å². The summed E-state index contributed by atoms with van der Waals surface area (Å²) in [5.74, 6) is 0.756. The second kappa shape index (κ2) is 7.98. The number of nitrogens with zero attached hydrogens (tertiary/aromatic N) is 2. The molecular weight excluding hydrogens is 258 g/mol. The lowest BCUT2D eigenvalue weighted by molar-refractivity contribution is 0.367. The number of aryl methyl sites for hydroxylation is 1. The van der Waals surface area contributed by atoms with E-state index in [1.54, 1.807) is 0 Å². The molecule has 0 radical (unpaired) electrons. The highest BCUT2D eigenvalue weighted by Crippen LogP contribution is 2.19. The molecule has 0 bridgehead atoms. The van der Waals surface area contributed by atoms with E-state index < -0.39 is 0 Å². The van der Waals surface area contributed by atoms with Crippen molar-refractivity contribution in [1.82, 2.24) is 15.1 Å². The van der Waals surface area contributed by atoms with Gasteiger partial charge in [-0.3, -0.25) is 4.68 Å². The summed E-state index contributed by atoms with van der Waals surface area (Å²) in [4.78, 5) is 0. The molecule has 0 amide bonds. The quantitative estimate of drug-likeness (QED) is 0.759. The molecule has 1 aromatic heterocycles. The molecule has 1 N–H and O–H groups in total. The normalized spacial score (nSPS) is 13.7. The zero-order valence-electron chi connectivity index (χ0n) is 15.2. The van der Waals surface area contributed by atoms with Gasteiger partial charge >= 0.3 is 0 Å². The van der Waals surface area contributed by atoms with E-state index in [4.69, 9.17) is 5.10 Å². The number of rotatable bonds is 8. The Morgan fingerprint density at radius 1 is 1.19 bits per heavy atom. The van der Waals surface area contributed by atoms with Gasteiger partial charge in [-0.05, 0) is 47.0 Å². The molecule has 3 heteroatoms. The molecule has 1 rings (SSSR count). The second-order valence-corrected chi connectivity index (χ2v) is 7.35. The van der Waals surface area contributed by atoms with Gasteiger partial charge < -0.3 is 5.32 Å². The lowest BCUT2D eigenvalue weighted by atomic mass is 9.99. The first kappa shape index (κ1) is 18.2.